The van der Waals surface area contributed by atoms with Gasteiger partial charge in [0.1, 0.15) is 62.0 Å². The third kappa shape index (κ3) is 5.58. The second kappa shape index (κ2) is 11.6. The van der Waals surface area contributed by atoms with E-state index in [1.165, 1.54) is 23.5 Å². The normalized spacial score (nSPS) is 26.8. The van der Waals surface area contributed by atoms with Crippen molar-refractivity contribution in [2.45, 2.75) is 49.8 Å². The zero-order valence-corrected chi connectivity index (χ0v) is 23.1. The average molecular weight is 628 g/mol. The molecule has 2 aliphatic heterocycles. The number of alkyl halides is 1. The molecule has 0 saturated carbocycles. The number of aromatic amines is 1. The van der Waals surface area contributed by atoms with Crippen molar-refractivity contribution >= 4 is 50.6 Å². The minimum Gasteiger partial charge on any atom is -0.382 e. The predicted octanol–water partition coefficient (Wildman–Crippen LogP) is 0.762. The quantitative estimate of drug-likeness (QED) is 0.177. The molecule has 0 aromatic carbocycles. The van der Waals surface area contributed by atoms with Crippen molar-refractivity contribution in [2.75, 3.05) is 24.7 Å². The van der Waals surface area contributed by atoms with Crippen molar-refractivity contribution in [3.05, 3.63) is 29.3 Å². The molecule has 2 unspecified atom stereocenters. The van der Waals surface area contributed by atoms with Gasteiger partial charge in [-0.2, -0.15) is 4.98 Å². The molecule has 8 atom stereocenters. The van der Waals surface area contributed by atoms with Gasteiger partial charge >= 0.3 is 16.5 Å². The van der Waals surface area contributed by atoms with Gasteiger partial charge in [-0.1, -0.05) is 0 Å². The van der Waals surface area contributed by atoms with Crippen molar-refractivity contribution in [3.63, 3.8) is 0 Å². The predicted molar refractivity (Wildman–Crippen MR) is 138 cm³/mol. The maximum atomic E-state index is 14.8. The molecular weight excluding hydrogens is 605 g/mol. The number of hydrogen-bond donors (Lipinski definition) is 4. The summed E-state index contributed by atoms with van der Waals surface area (Å²) < 4.78 is 69.0. The molecule has 2 fully saturated rings. The highest BCUT2D eigenvalue weighted by molar-refractivity contribution is 7.33. The third-order valence-electron chi connectivity index (χ3n) is 6.72. The molecule has 0 aliphatic carbocycles. The van der Waals surface area contributed by atoms with Crippen LogP contribution in [0, 0.1) is 0 Å². The molecule has 6 rings (SSSR count). The maximum Gasteiger partial charge on any atom is 0.697 e. The second-order valence-corrected chi connectivity index (χ2v) is 11.0. The standard InChI is InChI=1S/C20H21FN10O9P2/c21-8-1-12(31-7-27-15-18(31)28-20(23)29-19(15)32)38-10(8)3-37-42(35)40-9-2-13(39-11(9)4-36-41(33)34)30-6-26-14-16(22)24-5-25-17(14)30/h5-13H,1-4H2,(H4-2,22,23,24,25,28,29,32,33,34)/p+2/t8-,9-,10+,11+,12+,13+/m0/s1. The van der Waals surface area contributed by atoms with Crippen LogP contribution in [0.2, 0.25) is 0 Å². The fourth-order valence-electron chi connectivity index (χ4n) is 4.79. The van der Waals surface area contributed by atoms with E-state index in [0.717, 1.165) is 0 Å². The Morgan fingerprint density at radius 3 is 2.48 bits per heavy atom. The van der Waals surface area contributed by atoms with Crippen molar-refractivity contribution in [2.24, 2.45) is 0 Å². The largest absolute Gasteiger partial charge is 0.697 e. The molecule has 6 heterocycles. The number of rotatable bonds is 10. The summed E-state index contributed by atoms with van der Waals surface area (Å²) in [5.74, 6) is 0.0281. The van der Waals surface area contributed by atoms with Gasteiger partial charge < -0.3 is 20.9 Å². The first-order valence-electron chi connectivity index (χ1n) is 12.3. The number of nitrogens with two attached hydrogens (primary N) is 2. The highest BCUT2D eigenvalue weighted by Gasteiger charge is 2.46. The van der Waals surface area contributed by atoms with E-state index >= 15 is 0 Å². The van der Waals surface area contributed by atoms with Crippen LogP contribution in [0.25, 0.3) is 22.3 Å². The number of imidazole rings is 2. The molecule has 4 aromatic rings. The Labute approximate surface area is 235 Å². The van der Waals surface area contributed by atoms with Crippen molar-refractivity contribution in [1.29, 1.82) is 0 Å². The lowest BCUT2D eigenvalue weighted by Gasteiger charge is -2.13. The first-order chi connectivity index (χ1) is 20.2. The summed E-state index contributed by atoms with van der Waals surface area (Å²) in [5.41, 5.74) is 11.8. The molecule has 0 radical (unpaired) electrons. The van der Waals surface area contributed by atoms with Crippen LogP contribution in [0.3, 0.4) is 0 Å². The van der Waals surface area contributed by atoms with E-state index < -0.39 is 65.6 Å². The lowest BCUT2D eigenvalue weighted by atomic mass is 10.2. The number of aromatic nitrogens is 8. The SMILES string of the molecule is Nc1nc2c(ncn2[C@H]2C[C@H](F)[C@@H](CO[P+](=O)O[C@H]3C[C@H](n4cnc5c(N)ncnc54)O[C@@H]3CO[P+](=O)O)O2)c(=O)[nH]1. The number of anilines is 2. The van der Waals surface area contributed by atoms with Crippen LogP contribution in [0.4, 0.5) is 16.2 Å². The average Bonchev–Trinajstić information content (AvgIpc) is 3.71. The van der Waals surface area contributed by atoms with E-state index in [4.69, 9.17) is 39.4 Å². The Bertz CT molecular complexity index is 1720. The zero-order valence-electron chi connectivity index (χ0n) is 21.3. The van der Waals surface area contributed by atoms with Gasteiger partial charge in [0.25, 0.3) is 5.56 Å². The molecule has 0 bridgehead atoms. The van der Waals surface area contributed by atoms with E-state index in [2.05, 4.69) is 29.9 Å². The number of nitrogen functional groups attached to an aromatic ring is 2. The zero-order chi connectivity index (χ0) is 29.5. The van der Waals surface area contributed by atoms with E-state index in [9.17, 15) is 18.3 Å². The lowest BCUT2D eigenvalue weighted by Crippen LogP contribution is -2.27. The van der Waals surface area contributed by atoms with Crippen LogP contribution < -0.4 is 17.0 Å². The van der Waals surface area contributed by atoms with Crippen molar-refractivity contribution in [1.82, 2.24) is 39.0 Å². The number of fused-ring (bicyclic) bond motifs is 2. The van der Waals surface area contributed by atoms with Crippen LogP contribution in [0.15, 0.2) is 23.8 Å². The third-order valence-corrected chi connectivity index (χ3v) is 7.89. The Hall–Kier alpha value is -3.61. The molecule has 6 N–H and O–H groups in total. The van der Waals surface area contributed by atoms with Gasteiger partial charge in [-0.05, 0) is 0 Å². The van der Waals surface area contributed by atoms with Crippen LogP contribution in [0.1, 0.15) is 25.3 Å². The molecule has 2 saturated heterocycles. The van der Waals surface area contributed by atoms with Gasteiger partial charge in [0.05, 0.1) is 12.7 Å². The highest BCUT2D eigenvalue weighted by Crippen LogP contribution is 2.40. The van der Waals surface area contributed by atoms with E-state index in [-0.39, 0.29) is 42.4 Å². The Morgan fingerprint density at radius 1 is 1.00 bits per heavy atom. The Kier molecular flexibility index (Phi) is 7.86. The first-order valence-corrected chi connectivity index (χ1v) is 14.6. The molecule has 22 heteroatoms. The summed E-state index contributed by atoms with van der Waals surface area (Å²) in [7, 11) is -5.77. The van der Waals surface area contributed by atoms with Crippen molar-refractivity contribution < 1.29 is 41.5 Å². The van der Waals surface area contributed by atoms with Gasteiger partial charge in [0.2, 0.25) is 5.95 Å². The van der Waals surface area contributed by atoms with Crippen LogP contribution in [-0.2, 0) is 32.2 Å². The first kappa shape index (κ1) is 28.5. The van der Waals surface area contributed by atoms with Crippen LogP contribution >= 0.6 is 16.5 Å². The van der Waals surface area contributed by atoms with Crippen LogP contribution in [-0.4, -0.2) is 81.6 Å². The molecule has 0 spiro atoms. The van der Waals surface area contributed by atoms with Gasteiger partial charge in [-0.3, -0.25) is 18.9 Å². The number of nitrogens with one attached hydrogen (secondary N) is 1. The molecule has 4 aromatic heterocycles. The molecule has 2 aliphatic rings. The fourth-order valence-corrected chi connectivity index (χ4v) is 5.84. The van der Waals surface area contributed by atoms with Gasteiger partial charge in [-0.15, -0.1) is 18.5 Å². The molecule has 19 nitrogen and oxygen atoms in total. The maximum absolute atomic E-state index is 14.8. The summed E-state index contributed by atoms with van der Waals surface area (Å²) in [4.78, 5) is 43.7. The van der Waals surface area contributed by atoms with Crippen molar-refractivity contribution in [3.8, 4) is 0 Å². The summed E-state index contributed by atoms with van der Waals surface area (Å²) in [5, 5.41) is 0. The van der Waals surface area contributed by atoms with E-state index in [0.29, 0.717) is 11.2 Å². The molecular formula is C20H23FN10O9P2+2. The molecule has 222 valence electrons. The second-order valence-electron chi connectivity index (χ2n) is 9.30. The number of ether oxygens (including phenoxy) is 2. The monoisotopic (exact) mass is 628 g/mol. The van der Waals surface area contributed by atoms with E-state index in [1.54, 1.807) is 4.57 Å². The van der Waals surface area contributed by atoms with Gasteiger partial charge in [0.15, 0.2) is 22.6 Å². The number of halogens is 1. The Morgan fingerprint density at radius 2 is 1.69 bits per heavy atom. The summed E-state index contributed by atoms with van der Waals surface area (Å²) in [6.07, 6.45) is -2.13. The van der Waals surface area contributed by atoms with Gasteiger partial charge in [0, 0.05) is 22.0 Å². The number of nitrogens with zero attached hydrogens (tertiary/aromatic N) is 7. The summed E-state index contributed by atoms with van der Waals surface area (Å²) >= 11 is 0. The summed E-state index contributed by atoms with van der Waals surface area (Å²) in [6, 6.07) is 0. The highest BCUT2D eigenvalue weighted by atomic mass is 31.1. The minimum absolute atomic E-state index is 0.0142. The minimum atomic E-state index is -2.94. The summed E-state index contributed by atoms with van der Waals surface area (Å²) in [6.45, 7) is -0.793. The van der Waals surface area contributed by atoms with Gasteiger partial charge in [-0.25, -0.2) is 24.3 Å². The molecule has 0 amide bonds. The number of hydrogen-bond acceptors (Lipinski definition) is 15. The lowest BCUT2D eigenvalue weighted by molar-refractivity contribution is -0.0407. The fraction of sp³-hybridized carbons (Fsp3) is 0.500. The number of H-pyrrole nitrogens is 1. The molecule has 42 heavy (non-hydrogen) atoms. The van der Waals surface area contributed by atoms with E-state index in [1.807, 2.05) is 0 Å². The topological polar surface area (TPSA) is 260 Å². The smallest absolute Gasteiger partial charge is 0.382 e. The Balaban J connectivity index is 1.09. The van der Waals surface area contributed by atoms with Crippen LogP contribution in [0.5, 0.6) is 0 Å².